The summed E-state index contributed by atoms with van der Waals surface area (Å²) in [4.78, 5) is 4.31. The largest absolute Gasteiger partial charge is 0.327 e. The fourth-order valence-corrected chi connectivity index (χ4v) is 2.67. The van der Waals surface area contributed by atoms with E-state index >= 15 is 0 Å². The van der Waals surface area contributed by atoms with E-state index in [9.17, 15) is 0 Å². The van der Waals surface area contributed by atoms with Gasteiger partial charge in [0.25, 0.3) is 0 Å². The molecule has 2 heterocycles. The molecule has 0 radical (unpaired) electrons. The number of hydrogen-bond donors (Lipinski definition) is 1. The summed E-state index contributed by atoms with van der Waals surface area (Å²) in [5.74, 6) is 0. The number of pyridine rings is 1. The maximum Gasteiger partial charge on any atom is 0.0850 e. The van der Waals surface area contributed by atoms with Gasteiger partial charge in [-0.25, -0.2) is 0 Å². The monoisotopic (exact) mass is 292 g/mol. The predicted molar refractivity (Wildman–Crippen MR) is 81.9 cm³/mol. The van der Waals surface area contributed by atoms with Crippen LogP contribution in [0.3, 0.4) is 0 Å². The van der Waals surface area contributed by atoms with Crippen LogP contribution in [0.5, 0.6) is 0 Å². The van der Waals surface area contributed by atoms with Crippen LogP contribution in [0.25, 0.3) is 0 Å². The van der Waals surface area contributed by atoms with Crippen LogP contribution in [0.1, 0.15) is 30.9 Å². The minimum Gasteiger partial charge on any atom is -0.327 e. The van der Waals surface area contributed by atoms with Crippen molar-refractivity contribution in [3.8, 4) is 0 Å². The van der Waals surface area contributed by atoms with Crippen molar-refractivity contribution in [1.82, 2.24) is 14.8 Å². The first-order chi connectivity index (χ1) is 9.65. The summed E-state index contributed by atoms with van der Waals surface area (Å²) < 4.78 is 1.96. The normalized spacial score (nSPS) is 12.6. The van der Waals surface area contributed by atoms with Gasteiger partial charge in [0.1, 0.15) is 0 Å². The molecule has 2 N–H and O–H groups in total. The van der Waals surface area contributed by atoms with E-state index in [1.54, 1.807) is 6.20 Å². The van der Waals surface area contributed by atoms with Crippen molar-refractivity contribution >= 4 is 11.6 Å². The van der Waals surface area contributed by atoms with Gasteiger partial charge in [-0.1, -0.05) is 24.6 Å². The highest BCUT2D eigenvalue weighted by Gasteiger charge is 2.17. The molecule has 20 heavy (non-hydrogen) atoms. The molecule has 108 valence electrons. The molecule has 2 aromatic rings. The van der Waals surface area contributed by atoms with Crippen molar-refractivity contribution in [2.45, 2.75) is 45.7 Å². The van der Waals surface area contributed by atoms with Gasteiger partial charge < -0.3 is 5.73 Å². The SMILES string of the molecule is CCc1nn(CC)c(CC(N)Cc2ccccn2)c1Cl. The average molecular weight is 293 g/mol. The highest BCUT2D eigenvalue weighted by atomic mass is 35.5. The standard InChI is InChI=1S/C15H21ClN4/c1-3-13-15(16)14(20(4-2)19-13)10-11(17)9-12-7-5-6-8-18-12/h5-8,11H,3-4,9-10,17H2,1-2H3. The number of nitrogens with zero attached hydrogens (tertiary/aromatic N) is 3. The maximum atomic E-state index is 6.40. The van der Waals surface area contributed by atoms with Gasteiger partial charge in [-0.15, -0.1) is 0 Å². The third-order valence-corrected chi connectivity index (χ3v) is 3.78. The van der Waals surface area contributed by atoms with Crippen LogP contribution in [0.2, 0.25) is 5.02 Å². The fraction of sp³-hybridized carbons (Fsp3) is 0.467. The predicted octanol–water partition coefficient (Wildman–Crippen LogP) is 2.63. The lowest BCUT2D eigenvalue weighted by molar-refractivity contribution is 0.570. The lowest BCUT2D eigenvalue weighted by atomic mass is 10.1. The maximum absolute atomic E-state index is 6.40. The second-order valence-corrected chi connectivity index (χ2v) is 5.24. The van der Waals surface area contributed by atoms with Crippen molar-refractivity contribution in [3.63, 3.8) is 0 Å². The molecule has 0 aliphatic carbocycles. The van der Waals surface area contributed by atoms with Crippen LogP contribution in [-0.4, -0.2) is 20.8 Å². The third kappa shape index (κ3) is 3.38. The molecule has 2 aromatic heterocycles. The Hall–Kier alpha value is -1.39. The molecular weight excluding hydrogens is 272 g/mol. The smallest absolute Gasteiger partial charge is 0.0850 e. The molecule has 0 saturated carbocycles. The van der Waals surface area contributed by atoms with E-state index in [4.69, 9.17) is 17.3 Å². The Morgan fingerprint density at radius 3 is 2.70 bits per heavy atom. The van der Waals surface area contributed by atoms with Crippen LogP contribution in [-0.2, 0) is 25.8 Å². The van der Waals surface area contributed by atoms with Crippen molar-refractivity contribution < 1.29 is 0 Å². The minimum absolute atomic E-state index is 0.00546. The number of aryl methyl sites for hydroxylation is 2. The third-order valence-electron chi connectivity index (χ3n) is 3.35. The molecule has 0 aliphatic heterocycles. The molecule has 2 rings (SSSR count). The molecule has 0 fully saturated rings. The van der Waals surface area contributed by atoms with E-state index in [-0.39, 0.29) is 6.04 Å². The Labute approximate surface area is 125 Å². The Bertz CT molecular complexity index is 551. The Morgan fingerprint density at radius 2 is 2.10 bits per heavy atom. The number of rotatable bonds is 6. The molecule has 0 amide bonds. The Morgan fingerprint density at radius 1 is 1.30 bits per heavy atom. The summed E-state index contributed by atoms with van der Waals surface area (Å²) in [6.07, 6.45) is 4.10. The summed E-state index contributed by atoms with van der Waals surface area (Å²) in [6, 6.07) is 5.88. The quantitative estimate of drug-likeness (QED) is 0.890. The van der Waals surface area contributed by atoms with Gasteiger partial charge in [0, 0.05) is 37.3 Å². The molecule has 4 nitrogen and oxygen atoms in total. The van der Waals surface area contributed by atoms with Gasteiger partial charge in [0.15, 0.2) is 0 Å². The number of nitrogens with two attached hydrogens (primary N) is 1. The van der Waals surface area contributed by atoms with Crippen LogP contribution in [0.15, 0.2) is 24.4 Å². The van der Waals surface area contributed by atoms with Gasteiger partial charge in [0.05, 0.1) is 16.4 Å². The van der Waals surface area contributed by atoms with E-state index in [1.165, 1.54) is 0 Å². The fourth-order valence-electron chi connectivity index (χ4n) is 2.32. The minimum atomic E-state index is -0.00546. The van der Waals surface area contributed by atoms with Crippen molar-refractivity contribution in [2.24, 2.45) is 5.73 Å². The van der Waals surface area contributed by atoms with Gasteiger partial charge in [0.2, 0.25) is 0 Å². The highest BCUT2D eigenvalue weighted by Crippen LogP contribution is 2.23. The average Bonchev–Trinajstić information content (AvgIpc) is 2.76. The van der Waals surface area contributed by atoms with Crippen LogP contribution >= 0.6 is 11.6 Å². The second-order valence-electron chi connectivity index (χ2n) is 4.87. The molecule has 5 heteroatoms. The zero-order valence-electron chi connectivity index (χ0n) is 12.0. The number of hydrogen-bond acceptors (Lipinski definition) is 3. The molecular formula is C15H21ClN4. The van der Waals surface area contributed by atoms with Crippen LogP contribution in [0, 0.1) is 0 Å². The van der Waals surface area contributed by atoms with Gasteiger partial charge in [-0.3, -0.25) is 9.67 Å². The summed E-state index contributed by atoms with van der Waals surface area (Å²) in [7, 11) is 0. The van der Waals surface area contributed by atoms with Crippen molar-refractivity contribution in [1.29, 1.82) is 0 Å². The first kappa shape index (κ1) is 15.0. The van der Waals surface area contributed by atoms with E-state index in [2.05, 4.69) is 23.9 Å². The highest BCUT2D eigenvalue weighted by molar-refractivity contribution is 6.31. The molecule has 1 unspecified atom stereocenters. The van der Waals surface area contributed by atoms with Crippen LogP contribution < -0.4 is 5.73 Å². The Balaban J connectivity index is 2.11. The zero-order chi connectivity index (χ0) is 14.5. The van der Waals surface area contributed by atoms with Gasteiger partial charge in [-0.05, 0) is 25.5 Å². The molecule has 1 atom stereocenters. The van der Waals surface area contributed by atoms with Crippen molar-refractivity contribution in [2.75, 3.05) is 0 Å². The Kier molecular flexibility index (Phi) is 5.15. The van der Waals surface area contributed by atoms with E-state index < -0.39 is 0 Å². The molecule has 0 aliphatic rings. The summed E-state index contributed by atoms with van der Waals surface area (Å²) >= 11 is 6.40. The van der Waals surface area contributed by atoms with Crippen LogP contribution in [0.4, 0.5) is 0 Å². The summed E-state index contributed by atoms with van der Waals surface area (Å²) in [6.45, 7) is 4.94. The molecule has 0 saturated heterocycles. The summed E-state index contributed by atoms with van der Waals surface area (Å²) in [5, 5.41) is 5.29. The first-order valence-corrected chi connectivity index (χ1v) is 7.43. The zero-order valence-corrected chi connectivity index (χ0v) is 12.8. The number of halogens is 1. The lowest BCUT2D eigenvalue weighted by Crippen LogP contribution is -2.27. The molecule has 0 aromatic carbocycles. The second kappa shape index (κ2) is 6.86. The van der Waals surface area contributed by atoms with Gasteiger partial charge in [-0.2, -0.15) is 5.10 Å². The summed E-state index contributed by atoms with van der Waals surface area (Å²) in [5.41, 5.74) is 9.24. The van der Waals surface area contributed by atoms with Crippen molar-refractivity contribution in [3.05, 3.63) is 46.5 Å². The first-order valence-electron chi connectivity index (χ1n) is 7.05. The van der Waals surface area contributed by atoms with Gasteiger partial charge >= 0.3 is 0 Å². The van der Waals surface area contributed by atoms with E-state index in [0.29, 0.717) is 0 Å². The topological polar surface area (TPSA) is 56.7 Å². The number of aromatic nitrogens is 3. The van der Waals surface area contributed by atoms with E-state index in [1.807, 2.05) is 22.9 Å². The van der Waals surface area contributed by atoms with E-state index in [0.717, 1.165) is 47.9 Å². The molecule has 0 bridgehead atoms. The lowest BCUT2D eigenvalue weighted by Gasteiger charge is -2.12. The molecule has 0 spiro atoms.